The lowest BCUT2D eigenvalue weighted by molar-refractivity contribution is -0.182. The molecule has 1 atom stereocenters. The van der Waals surface area contributed by atoms with Gasteiger partial charge in [0.1, 0.15) is 19.9 Å². The quantitative estimate of drug-likeness (QED) is 0.152. The van der Waals surface area contributed by atoms with Gasteiger partial charge in [0.05, 0.1) is 22.2 Å². The van der Waals surface area contributed by atoms with Crippen LogP contribution in [0.3, 0.4) is 0 Å². The summed E-state index contributed by atoms with van der Waals surface area (Å²) in [6.07, 6.45) is 0.702. The molecule has 42 heavy (non-hydrogen) atoms. The number of nitrogens with zero attached hydrogens (tertiary/aromatic N) is 1. The van der Waals surface area contributed by atoms with E-state index in [-0.39, 0.29) is 46.8 Å². The number of halogens is 1. The van der Waals surface area contributed by atoms with E-state index in [4.69, 9.17) is 4.74 Å². The minimum Gasteiger partial charge on any atom is -0.367 e. The van der Waals surface area contributed by atoms with Crippen molar-refractivity contribution in [2.24, 2.45) is 0 Å². The molecule has 1 unspecified atom stereocenters. The summed E-state index contributed by atoms with van der Waals surface area (Å²) in [4.78, 5) is 38.6. The molecule has 10 nitrogen and oxygen atoms in total. The molecular formula is C30H42BFN4O6. The third kappa shape index (κ3) is 8.38. The van der Waals surface area contributed by atoms with Crippen molar-refractivity contribution in [1.29, 1.82) is 0 Å². The first-order valence-corrected chi connectivity index (χ1v) is 13.9. The molecule has 2 aromatic carbocycles. The maximum atomic E-state index is 15.3. The maximum Gasteiger partial charge on any atom is 0.275 e. The van der Waals surface area contributed by atoms with Crippen LogP contribution in [0.4, 0.5) is 10.1 Å². The van der Waals surface area contributed by atoms with Crippen molar-refractivity contribution in [1.82, 2.24) is 15.5 Å². The van der Waals surface area contributed by atoms with Crippen LogP contribution in [0.25, 0.3) is 0 Å². The molecule has 0 saturated carbocycles. The highest BCUT2D eigenvalue weighted by molar-refractivity contribution is 6.26. The second kappa shape index (κ2) is 12.5. The largest absolute Gasteiger partial charge is 0.367 e. The smallest absolute Gasteiger partial charge is 0.275 e. The molecule has 0 spiro atoms. The fraction of sp³-hybridized carbons (Fsp3) is 0.500. The summed E-state index contributed by atoms with van der Waals surface area (Å²) < 4.78 is 21.4. The normalized spacial score (nSPS) is 18.0. The minimum atomic E-state index is -2.80. The van der Waals surface area contributed by atoms with E-state index in [9.17, 15) is 24.6 Å². The molecule has 0 aliphatic carbocycles. The van der Waals surface area contributed by atoms with E-state index >= 15 is 4.39 Å². The molecule has 1 aliphatic heterocycles. The maximum absolute atomic E-state index is 15.3. The molecule has 1 heterocycles. The van der Waals surface area contributed by atoms with Crippen molar-refractivity contribution in [3.8, 4) is 0 Å². The zero-order valence-electron chi connectivity index (χ0n) is 25.4. The SMILES string of the molecule is BC(C=O)(CCC(=O)NC)NC(=O)c1cccc(NC(O)(O)c2ccc(CN3CC(C)(C)OC(C)(C)C3)cc2F)c1C. The van der Waals surface area contributed by atoms with Gasteiger partial charge in [-0.1, -0.05) is 12.1 Å². The molecule has 1 fully saturated rings. The number of anilines is 1. The van der Waals surface area contributed by atoms with Crippen molar-refractivity contribution >= 4 is 31.6 Å². The fourth-order valence-electron chi connectivity index (χ4n) is 5.50. The number of benzene rings is 2. The van der Waals surface area contributed by atoms with E-state index in [1.54, 1.807) is 13.0 Å². The van der Waals surface area contributed by atoms with E-state index in [2.05, 4.69) is 20.9 Å². The molecule has 1 saturated heterocycles. The summed E-state index contributed by atoms with van der Waals surface area (Å²) in [5, 5.41) is 29.4. The topological polar surface area (TPSA) is 140 Å². The van der Waals surface area contributed by atoms with Crippen LogP contribution in [-0.2, 0) is 26.8 Å². The molecule has 1 aliphatic rings. The van der Waals surface area contributed by atoms with E-state index < -0.39 is 23.1 Å². The fourth-order valence-corrected chi connectivity index (χ4v) is 5.50. The van der Waals surface area contributed by atoms with Crippen molar-refractivity contribution in [2.45, 2.75) is 76.6 Å². The van der Waals surface area contributed by atoms with Crippen molar-refractivity contribution in [3.05, 3.63) is 64.5 Å². The number of rotatable bonds is 11. The standard InChI is InChI=1S/C30H42BFN4O6/c1-19-21(26(39)35-29(31,18-37)13-12-25(38)33-6)8-7-9-24(19)34-30(40,41)22-11-10-20(14-23(22)32)15-36-16-27(2,3)42-28(4,5)17-36/h7-11,14,18,34,40-41H,12-13,15-17,31H2,1-6H3,(H,33,38)(H,35,39). The van der Waals surface area contributed by atoms with Crippen LogP contribution in [-0.4, -0.2) is 77.8 Å². The molecular weight excluding hydrogens is 542 g/mol. The lowest BCUT2D eigenvalue weighted by Gasteiger charge is -2.47. The Morgan fingerprint density at radius 2 is 1.79 bits per heavy atom. The lowest BCUT2D eigenvalue weighted by atomic mass is 9.75. The predicted molar refractivity (Wildman–Crippen MR) is 160 cm³/mol. The van der Waals surface area contributed by atoms with Crippen molar-refractivity contribution in [2.75, 3.05) is 25.5 Å². The number of carbonyl (C=O) groups excluding carboxylic acids is 3. The van der Waals surface area contributed by atoms with Gasteiger partial charge in [0.2, 0.25) is 5.91 Å². The Hall–Kier alpha value is -3.32. The second-order valence-electron chi connectivity index (χ2n) is 12.5. The van der Waals surface area contributed by atoms with Crippen LogP contribution in [0.2, 0.25) is 0 Å². The Balaban J connectivity index is 1.76. The highest BCUT2D eigenvalue weighted by Gasteiger charge is 2.38. The van der Waals surface area contributed by atoms with Gasteiger partial charge in [0, 0.05) is 44.4 Å². The Kier molecular flexibility index (Phi) is 9.88. The molecule has 12 heteroatoms. The van der Waals surface area contributed by atoms with Gasteiger partial charge in [-0.05, 0) is 76.4 Å². The number of hydrogen-bond acceptors (Lipinski definition) is 8. The first kappa shape index (κ1) is 33.2. The second-order valence-corrected chi connectivity index (χ2v) is 12.5. The van der Waals surface area contributed by atoms with Crippen LogP contribution in [0, 0.1) is 12.7 Å². The summed E-state index contributed by atoms with van der Waals surface area (Å²) >= 11 is 0. The first-order valence-electron chi connectivity index (χ1n) is 13.9. The molecule has 0 bridgehead atoms. The Labute approximate surface area is 247 Å². The van der Waals surface area contributed by atoms with E-state index in [1.807, 2.05) is 27.7 Å². The average Bonchev–Trinajstić information content (AvgIpc) is 2.86. The van der Waals surface area contributed by atoms with Crippen molar-refractivity contribution in [3.63, 3.8) is 0 Å². The minimum absolute atomic E-state index is 0.0386. The zero-order valence-corrected chi connectivity index (χ0v) is 25.4. The number of hydrogen-bond donors (Lipinski definition) is 5. The number of amides is 2. The molecule has 2 aromatic rings. The third-order valence-corrected chi connectivity index (χ3v) is 7.27. The zero-order chi connectivity index (χ0) is 31.5. The predicted octanol–water partition coefficient (Wildman–Crippen LogP) is 1.51. The average molecular weight is 584 g/mol. The van der Waals surface area contributed by atoms with E-state index in [0.717, 1.165) is 0 Å². The van der Waals surface area contributed by atoms with Gasteiger partial charge in [0.25, 0.3) is 11.8 Å². The number of nitrogens with one attached hydrogen (secondary N) is 3. The monoisotopic (exact) mass is 584 g/mol. The van der Waals surface area contributed by atoms with Crippen LogP contribution in [0.1, 0.15) is 67.6 Å². The summed E-state index contributed by atoms with van der Waals surface area (Å²) in [5.74, 6) is -4.46. The number of aldehydes is 1. The number of aliphatic hydroxyl groups is 2. The van der Waals surface area contributed by atoms with Gasteiger partial charge in [0.15, 0.2) is 0 Å². The summed E-state index contributed by atoms with van der Waals surface area (Å²) in [6.45, 7) is 11.4. The Bertz CT molecular complexity index is 1320. The molecule has 5 N–H and O–H groups in total. The molecule has 0 aromatic heterocycles. The summed E-state index contributed by atoms with van der Waals surface area (Å²) in [7, 11) is 2.99. The number of ether oxygens (including phenoxy) is 1. The number of carbonyl (C=O) groups is 3. The Morgan fingerprint density at radius 1 is 1.14 bits per heavy atom. The summed E-state index contributed by atoms with van der Waals surface area (Å²) in [5.41, 5.74) is -1.06. The van der Waals surface area contributed by atoms with Gasteiger partial charge in [-0.25, -0.2) is 4.39 Å². The number of morpholine rings is 1. The van der Waals surface area contributed by atoms with Crippen molar-refractivity contribution < 1.29 is 33.7 Å². The first-order chi connectivity index (χ1) is 19.4. The van der Waals surface area contributed by atoms with Crippen LogP contribution >= 0.6 is 0 Å². The van der Waals surface area contributed by atoms with Gasteiger partial charge in [-0.2, -0.15) is 0 Å². The molecule has 3 rings (SSSR count). The molecule has 0 radical (unpaired) electrons. The van der Waals surface area contributed by atoms with Gasteiger partial charge in [-0.3, -0.25) is 14.5 Å². The van der Waals surface area contributed by atoms with Gasteiger partial charge in [-0.15, -0.1) is 0 Å². The van der Waals surface area contributed by atoms with E-state index in [0.29, 0.717) is 37.0 Å². The lowest BCUT2D eigenvalue weighted by Crippen LogP contribution is -2.56. The Morgan fingerprint density at radius 3 is 2.36 bits per heavy atom. The highest BCUT2D eigenvalue weighted by atomic mass is 19.1. The van der Waals surface area contributed by atoms with Crippen LogP contribution in [0.15, 0.2) is 36.4 Å². The van der Waals surface area contributed by atoms with Gasteiger partial charge >= 0.3 is 0 Å². The highest BCUT2D eigenvalue weighted by Crippen LogP contribution is 2.31. The summed E-state index contributed by atoms with van der Waals surface area (Å²) in [6, 6.07) is 8.80. The van der Waals surface area contributed by atoms with Crippen LogP contribution in [0.5, 0.6) is 0 Å². The van der Waals surface area contributed by atoms with E-state index in [1.165, 1.54) is 45.2 Å². The molecule has 228 valence electrons. The third-order valence-electron chi connectivity index (χ3n) is 7.27. The molecule has 2 amide bonds. The van der Waals surface area contributed by atoms with Gasteiger partial charge < -0.3 is 35.7 Å². The van der Waals surface area contributed by atoms with Crippen LogP contribution < -0.4 is 16.0 Å².